The van der Waals surface area contributed by atoms with Gasteiger partial charge in [0, 0.05) is 12.1 Å². The first kappa shape index (κ1) is 19.0. The summed E-state index contributed by atoms with van der Waals surface area (Å²) >= 11 is 0. The Hall–Kier alpha value is -3.75. The second kappa shape index (κ2) is 7.87. The molecule has 0 spiro atoms. The summed E-state index contributed by atoms with van der Waals surface area (Å²) < 4.78 is 10.3. The zero-order valence-corrected chi connectivity index (χ0v) is 14.9. The van der Waals surface area contributed by atoms with Crippen molar-refractivity contribution < 1.29 is 28.8 Å². The van der Waals surface area contributed by atoms with E-state index in [0.29, 0.717) is 22.4 Å². The zero-order chi connectivity index (χ0) is 20.3. The van der Waals surface area contributed by atoms with E-state index in [9.17, 15) is 24.5 Å². The number of amides is 2. The highest BCUT2D eigenvalue weighted by Gasteiger charge is 2.34. The average Bonchev–Trinajstić information content (AvgIpc) is 2.92. The van der Waals surface area contributed by atoms with Crippen LogP contribution in [0.15, 0.2) is 42.5 Å². The van der Waals surface area contributed by atoms with Gasteiger partial charge in [-0.05, 0) is 30.7 Å². The van der Waals surface area contributed by atoms with E-state index in [4.69, 9.17) is 9.47 Å². The van der Waals surface area contributed by atoms with Crippen LogP contribution in [-0.4, -0.2) is 47.4 Å². The molecule has 28 heavy (non-hydrogen) atoms. The molecule has 2 aromatic rings. The van der Waals surface area contributed by atoms with Gasteiger partial charge in [-0.3, -0.25) is 24.6 Å². The van der Waals surface area contributed by atoms with Crippen molar-refractivity contribution in [2.24, 2.45) is 0 Å². The third-order valence-electron chi connectivity index (χ3n) is 4.17. The Morgan fingerprint density at radius 1 is 1.11 bits per heavy atom. The maximum atomic E-state index is 12.2. The smallest absolute Gasteiger partial charge is 0.344 e. The lowest BCUT2D eigenvalue weighted by Crippen LogP contribution is -2.34. The molecule has 0 atom stereocenters. The highest BCUT2D eigenvalue weighted by molar-refractivity contribution is 6.21. The summed E-state index contributed by atoms with van der Waals surface area (Å²) in [5.74, 6) is -1.21. The van der Waals surface area contributed by atoms with Crippen molar-refractivity contribution in [3.8, 4) is 5.75 Å². The van der Waals surface area contributed by atoms with Gasteiger partial charge in [0.2, 0.25) is 0 Å². The van der Waals surface area contributed by atoms with Crippen LogP contribution in [0, 0.1) is 17.0 Å². The van der Waals surface area contributed by atoms with Crippen LogP contribution in [-0.2, 0) is 9.53 Å². The molecule has 3 rings (SSSR count). The van der Waals surface area contributed by atoms with Crippen molar-refractivity contribution in [3.05, 3.63) is 69.3 Å². The summed E-state index contributed by atoms with van der Waals surface area (Å²) in [4.78, 5) is 47.4. The lowest BCUT2D eigenvalue weighted by atomic mass is 10.1. The predicted octanol–water partition coefficient (Wildman–Crippen LogP) is 2.12. The summed E-state index contributed by atoms with van der Waals surface area (Å²) in [7, 11) is 0. The Labute approximate surface area is 159 Å². The van der Waals surface area contributed by atoms with Crippen LogP contribution in [0.2, 0.25) is 0 Å². The van der Waals surface area contributed by atoms with Gasteiger partial charge in [0.05, 0.1) is 22.6 Å². The van der Waals surface area contributed by atoms with E-state index in [-0.39, 0.29) is 18.8 Å². The van der Waals surface area contributed by atoms with Crippen molar-refractivity contribution >= 4 is 23.5 Å². The Morgan fingerprint density at radius 2 is 1.75 bits per heavy atom. The minimum Gasteiger partial charge on any atom is -0.482 e. The second-order valence-electron chi connectivity index (χ2n) is 6.02. The molecule has 0 fully saturated rings. The highest BCUT2D eigenvalue weighted by Crippen LogP contribution is 2.23. The first-order valence-corrected chi connectivity index (χ1v) is 8.37. The van der Waals surface area contributed by atoms with E-state index in [1.165, 1.54) is 18.2 Å². The number of benzene rings is 2. The van der Waals surface area contributed by atoms with Crippen LogP contribution in [0.5, 0.6) is 5.75 Å². The lowest BCUT2D eigenvalue weighted by molar-refractivity contribution is -0.384. The zero-order valence-electron chi connectivity index (χ0n) is 14.9. The molecule has 0 radical (unpaired) electrons. The number of hydrogen-bond donors (Lipinski definition) is 0. The standard InChI is InChI=1S/C19H16N2O7/c1-12-10-13(21(25)26)6-7-16(12)28-11-17(22)27-9-8-20-18(23)14-4-2-3-5-15(14)19(20)24/h2-7,10H,8-9,11H2,1H3. The summed E-state index contributed by atoms with van der Waals surface area (Å²) in [5, 5.41) is 10.7. The van der Waals surface area contributed by atoms with Crippen LogP contribution in [0.4, 0.5) is 5.69 Å². The molecule has 0 saturated carbocycles. The summed E-state index contributed by atoms with van der Waals surface area (Å²) in [6, 6.07) is 10.5. The fourth-order valence-corrected chi connectivity index (χ4v) is 2.78. The van der Waals surface area contributed by atoms with Gasteiger partial charge < -0.3 is 9.47 Å². The largest absolute Gasteiger partial charge is 0.482 e. The number of non-ortho nitro benzene ring substituents is 1. The number of esters is 1. The quantitative estimate of drug-likeness (QED) is 0.311. The number of nitro benzene ring substituents is 1. The normalized spacial score (nSPS) is 12.7. The van der Waals surface area contributed by atoms with Crippen LogP contribution in [0.1, 0.15) is 26.3 Å². The van der Waals surface area contributed by atoms with Gasteiger partial charge in [0.25, 0.3) is 17.5 Å². The molecule has 0 bridgehead atoms. The third kappa shape index (κ3) is 3.83. The lowest BCUT2D eigenvalue weighted by Gasteiger charge is -2.14. The van der Waals surface area contributed by atoms with Gasteiger partial charge in [0.15, 0.2) is 6.61 Å². The molecular formula is C19H16N2O7. The van der Waals surface area contributed by atoms with Crippen molar-refractivity contribution in [2.45, 2.75) is 6.92 Å². The second-order valence-corrected chi connectivity index (χ2v) is 6.02. The van der Waals surface area contributed by atoms with Gasteiger partial charge in [0.1, 0.15) is 12.4 Å². The summed E-state index contributed by atoms with van der Waals surface area (Å²) in [6.07, 6.45) is 0. The molecule has 0 saturated heterocycles. The Kier molecular flexibility index (Phi) is 5.35. The minimum atomic E-state index is -0.686. The van der Waals surface area contributed by atoms with Crippen LogP contribution in [0.3, 0.4) is 0 Å². The molecule has 0 aromatic heterocycles. The molecule has 1 aliphatic rings. The number of hydrogen-bond acceptors (Lipinski definition) is 7. The van der Waals surface area contributed by atoms with Crippen molar-refractivity contribution in [3.63, 3.8) is 0 Å². The molecule has 1 aliphatic heterocycles. The maximum Gasteiger partial charge on any atom is 0.344 e. The Balaban J connectivity index is 1.48. The number of carbonyl (C=O) groups is 3. The number of rotatable bonds is 7. The minimum absolute atomic E-state index is 0.0609. The number of carbonyl (C=O) groups excluding carboxylic acids is 3. The molecule has 2 amide bonds. The van der Waals surface area contributed by atoms with Gasteiger partial charge in [-0.15, -0.1) is 0 Å². The van der Waals surface area contributed by atoms with Gasteiger partial charge >= 0.3 is 5.97 Å². The predicted molar refractivity (Wildman–Crippen MR) is 96.1 cm³/mol. The number of ether oxygens (including phenoxy) is 2. The fraction of sp³-hybridized carbons (Fsp3) is 0.211. The topological polar surface area (TPSA) is 116 Å². The van der Waals surface area contributed by atoms with Crippen molar-refractivity contribution in [1.29, 1.82) is 0 Å². The van der Waals surface area contributed by atoms with E-state index in [1.807, 2.05) is 0 Å². The molecule has 9 nitrogen and oxygen atoms in total. The molecular weight excluding hydrogens is 368 g/mol. The van der Waals surface area contributed by atoms with E-state index in [0.717, 1.165) is 4.90 Å². The summed E-state index contributed by atoms with van der Waals surface area (Å²) in [6.45, 7) is 0.998. The molecule has 0 unspecified atom stereocenters. The van der Waals surface area contributed by atoms with Crippen molar-refractivity contribution in [1.82, 2.24) is 4.90 Å². The SMILES string of the molecule is Cc1cc([N+](=O)[O-])ccc1OCC(=O)OCCN1C(=O)c2ccccc2C1=O. The average molecular weight is 384 g/mol. The Bertz CT molecular complexity index is 936. The molecule has 144 valence electrons. The van der Waals surface area contributed by atoms with Gasteiger partial charge in [-0.2, -0.15) is 0 Å². The van der Waals surface area contributed by atoms with E-state index in [2.05, 4.69) is 0 Å². The number of nitro groups is 1. The first-order chi connectivity index (χ1) is 13.4. The first-order valence-electron chi connectivity index (χ1n) is 8.37. The number of fused-ring (bicyclic) bond motifs is 1. The van der Waals surface area contributed by atoms with E-state index < -0.39 is 29.3 Å². The van der Waals surface area contributed by atoms with Crippen LogP contribution >= 0.6 is 0 Å². The number of aryl methyl sites for hydroxylation is 1. The molecule has 9 heteroatoms. The van der Waals surface area contributed by atoms with E-state index >= 15 is 0 Å². The summed E-state index contributed by atoms with van der Waals surface area (Å²) in [5.41, 5.74) is 1.09. The fourth-order valence-electron chi connectivity index (χ4n) is 2.78. The maximum absolute atomic E-state index is 12.2. The molecule has 0 N–H and O–H groups in total. The van der Waals surface area contributed by atoms with Crippen LogP contribution < -0.4 is 4.74 Å². The van der Waals surface area contributed by atoms with Gasteiger partial charge in [-0.25, -0.2) is 4.79 Å². The number of nitrogens with zero attached hydrogens (tertiary/aromatic N) is 2. The monoisotopic (exact) mass is 384 g/mol. The van der Waals surface area contributed by atoms with Crippen molar-refractivity contribution in [2.75, 3.05) is 19.8 Å². The molecule has 0 aliphatic carbocycles. The molecule has 2 aromatic carbocycles. The highest BCUT2D eigenvalue weighted by atomic mass is 16.6. The van der Waals surface area contributed by atoms with Crippen LogP contribution in [0.25, 0.3) is 0 Å². The Morgan fingerprint density at radius 3 is 2.32 bits per heavy atom. The third-order valence-corrected chi connectivity index (χ3v) is 4.17. The van der Waals surface area contributed by atoms with Gasteiger partial charge in [-0.1, -0.05) is 12.1 Å². The number of imide groups is 1. The van der Waals surface area contributed by atoms with E-state index in [1.54, 1.807) is 31.2 Å². The molecule has 1 heterocycles.